The molecule has 1 unspecified atom stereocenters. The molecule has 0 amide bonds. The van der Waals surface area contributed by atoms with E-state index in [4.69, 9.17) is 0 Å². The van der Waals surface area contributed by atoms with Gasteiger partial charge in [0.1, 0.15) is 5.84 Å². The number of hydrogen-bond donors (Lipinski definition) is 2. The lowest BCUT2D eigenvalue weighted by Gasteiger charge is -2.15. The first-order chi connectivity index (χ1) is 9.36. The first kappa shape index (κ1) is 14.5. The van der Waals surface area contributed by atoms with Crippen LogP contribution in [0.4, 0.5) is 0 Å². The minimum atomic E-state index is -3.63. The molecule has 1 aromatic rings. The molecule has 2 N–H and O–H groups in total. The lowest BCUT2D eigenvalue weighted by Crippen LogP contribution is -2.30. The molecular formula is C13H16N2O4S. The maximum Gasteiger partial charge on any atom is 0.328 e. The van der Waals surface area contributed by atoms with Crippen molar-refractivity contribution in [3.8, 4) is 0 Å². The number of carboxylic acid groups (broad SMARTS) is 1. The summed E-state index contributed by atoms with van der Waals surface area (Å²) in [7, 11) is -3.63. The van der Waals surface area contributed by atoms with E-state index < -0.39 is 22.0 Å². The highest BCUT2D eigenvalue weighted by molar-refractivity contribution is 7.90. The van der Waals surface area contributed by atoms with Crippen LogP contribution in [0.3, 0.4) is 0 Å². The third-order valence-electron chi connectivity index (χ3n) is 3.37. The van der Waals surface area contributed by atoms with Crippen LogP contribution >= 0.6 is 0 Å². The van der Waals surface area contributed by atoms with E-state index in [2.05, 4.69) is 9.71 Å². The van der Waals surface area contributed by atoms with Gasteiger partial charge >= 0.3 is 5.97 Å². The number of aliphatic imine (C=N–C) groups is 1. The molecule has 2 rings (SSSR count). The summed E-state index contributed by atoms with van der Waals surface area (Å²) in [6.45, 7) is 3.64. The van der Waals surface area contributed by atoms with Crippen molar-refractivity contribution in [1.82, 2.24) is 4.72 Å². The van der Waals surface area contributed by atoms with Gasteiger partial charge in [-0.25, -0.2) is 13.2 Å². The molecule has 20 heavy (non-hydrogen) atoms. The largest absolute Gasteiger partial charge is 0.480 e. The van der Waals surface area contributed by atoms with Gasteiger partial charge in [-0.1, -0.05) is 32.4 Å². The molecule has 0 aliphatic carbocycles. The number of nitrogens with zero attached hydrogens (tertiary/aromatic N) is 1. The van der Waals surface area contributed by atoms with Gasteiger partial charge in [0, 0.05) is 5.56 Å². The number of nitrogens with one attached hydrogen (secondary N) is 1. The van der Waals surface area contributed by atoms with Crippen LogP contribution in [0, 0.1) is 5.92 Å². The molecule has 6 nitrogen and oxygen atoms in total. The quantitative estimate of drug-likeness (QED) is 0.873. The summed E-state index contributed by atoms with van der Waals surface area (Å²) >= 11 is 0. The predicted molar refractivity (Wildman–Crippen MR) is 74.2 cm³/mol. The minimum Gasteiger partial charge on any atom is -0.480 e. The van der Waals surface area contributed by atoms with Crippen molar-refractivity contribution in [3.63, 3.8) is 0 Å². The number of carboxylic acids is 1. The average molecular weight is 296 g/mol. The summed E-state index contributed by atoms with van der Waals surface area (Å²) in [5.41, 5.74) is 0.419. The van der Waals surface area contributed by atoms with Crippen molar-refractivity contribution in [3.05, 3.63) is 29.8 Å². The number of benzene rings is 1. The molecule has 0 spiro atoms. The van der Waals surface area contributed by atoms with Crippen molar-refractivity contribution in [2.75, 3.05) is 0 Å². The van der Waals surface area contributed by atoms with Crippen molar-refractivity contribution in [1.29, 1.82) is 0 Å². The van der Waals surface area contributed by atoms with Gasteiger partial charge in [-0.15, -0.1) is 0 Å². The van der Waals surface area contributed by atoms with E-state index in [1.807, 2.05) is 6.92 Å². The molecule has 1 heterocycles. The van der Waals surface area contributed by atoms with Gasteiger partial charge in [0.05, 0.1) is 4.90 Å². The Morgan fingerprint density at radius 3 is 2.65 bits per heavy atom. The van der Waals surface area contributed by atoms with Crippen LogP contribution in [0.15, 0.2) is 34.2 Å². The van der Waals surface area contributed by atoms with Crippen LogP contribution in [0.25, 0.3) is 0 Å². The van der Waals surface area contributed by atoms with Crippen LogP contribution in [-0.4, -0.2) is 31.4 Å². The third-order valence-corrected chi connectivity index (χ3v) is 4.76. The number of sulfonamides is 1. The van der Waals surface area contributed by atoms with E-state index in [0.717, 1.165) is 0 Å². The Balaban J connectivity index is 2.49. The van der Waals surface area contributed by atoms with E-state index in [9.17, 15) is 18.3 Å². The van der Waals surface area contributed by atoms with E-state index in [0.29, 0.717) is 12.0 Å². The topological polar surface area (TPSA) is 95.8 Å². The van der Waals surface area contributed by atoms with Crippen LogP contribution in [0.1, 0.15) is 25.8 Å². The molecule has 0 saturated carbocycles. The van der Waals surface area contributed by atoms with E-state index in [1.165, 1.54) is 6.07 Å². The summed E-state index contributed by atoms with van der Waals surface area (Å²) < 4.78 is 26.1. The van der Waals surface area contributed by atoms with Crippen LogP contribution < -0.4 is 4.72 Å². The van der Waals surface area contributed by atoms with E-state index in [1.54, 1.807) is 25.1 Å². The maximum absolute atomic E-state index is 11.9. The third kappa shape index (κ3) is 2.53. The van der Waals surface area contributed by atoms with E-state index >= 15 is 0 Å². The smallest absolute Gasteiger partial charge is 0.328 e. The molecule has 1 aliphatic heterocycles. The maximum atomic E-state index is 11.9. The zero-order valence-electron chi connectivity index (χ0n) is 11.2. The summed E-state index contributed by atoms with van der Waals surface area (Å²) in [6, 6.07) is 5.42. The number of rotatable bonds is 4. The molecule has 0 bridgehead atoms. The summed E-state index contributed by atoms with van der Waals surface area (Å²) in [6.07, 6.45) is 0.641. The predicted octanol–water partition coefficient (Wildman–Crippen LogP) is 1.22. The van der Waals surface area contributed by atoms with Gasteiger partial charge in [-0.05, 0) is 18.1 Å². The van der Waals surface area contributed by atoms with Gasteiger partial charge in [-0.3, -0.25) is 9.71 Å². The second-order valence-electron chi connectivity index (χ2n) is 4.75. The molecule has 1 aromatic carbocycles. The fourth-order valence-electron chi connectivity index (χ4n) is 2.02. The number of fused-ring (bicyclic) bond motifs is 1. The monoisotopic (exact) mass is 296 g/mol. The molecule has 1 aliphatic rings. The fraction of sp³-hybridized carbons (Fsp3) is 0.385. The van der Waals surface area contributed by atoms with Crippen molar-refractivity contribution < 1.29 is 18.3 Å². The van der Waals surface area contributed by atoms with Crippen molar-refractivity contribution in [2.24, 2.45) is 10.9 Å². The Morgan fingerprint density at radius 1 is 1.40 bits per heavy atom. The first-order valence-corrected chi connectivity index (χ1v) is 7.78. The zero-order valence-corrected chi connectivity index (χ0v) is 12.0. The Labute approximate surface area is 117 Å². The van der Waals surface area contributed by atoms with Gasteiger partial charge in [0.25, 0.3) is 10.0 Å². The normalized spacial score (nSPS) is 21.0. The first-order valence-electron chi connectivity index (χ1n) is 6.29. The second kappa shape index (κ2) is 5.24. The minimum absolute atomic E-state index is 0.105. The highest BCUT2D eigenvalue weighted by atomic mass is 32.2. The highest BCUT2D eigenvalue weighted by Crippen LogP contribution is 2.23. The molecule has 2 atom stereocenters. The SMILES string of the molecule is CCC(C)[C@@H](N=C1NS(=O)(=O)c2ccccc21)C(=O)O. The fourth-order valence-corrected chi connectivity index (χ4v) is 3.26. The molecule has 0 saturated heterocycles. The lowest BCUT2D eigenvalue weighted by atomic mass is 10.00. The van der Waals surface area contributed by atoms with Crippen LogP contribution in [0.5, 0.6) is 0 Å². The Bertz CT molecular complexity index is 667. The van der Waals surface area contributed by atoms with Crippen molar-refractivity contribution in [2.45, 2.75) is 31.2 Å². The number of aliphatic carboxylic acids is 1. The Kier molecular flexibility index (Phi) is 3.80. The molecule has 0 radical (unpaired) electrons. The van der Waals surface area contributed by atoms with Gasteiger partial charge in [0.2, 0.25) is 0 Å². The van der Waals surface area contributed by atoms with Crippen LogP contribution in [-0.2, 0) is 14.8 Å². The summed E-state index contributed by atoms with van der Waals surface area (Å²) in [4.78, 5) is 15.5. The lowest BCUT2D eigenvalue weighted by molar-refractivity contribution is -0.139. The Morgan fingerprint density at radius 2 is 2.05 bits per heavy atom. The average Bonchev–Trinajstić information content (AvgIpc) is 2.67. The molecule has 108 valence electrons. The molecular weight excluding hydrogens is 280 g/mol. The van der Waals surface area contributed by atoms with Gasteiger partial charge in [0.15, 0.2) is 6.04 Å². The zero-order chi connectivity index (χ0) is 14.9. The highest BCUT2D eigenvalue weighted by Gasteiger charge is 2.32. The Hall–Kier alpha value is -1.89. The van der Waals surface area contributed by atoms with E-state index in [-0.39, 0.29) is 16.6 Å². The van der Waals surface area contributed by atoms with Gasteiger partial charge < -0.3 is 5.11 Å². The number of amidine groups is 1. The van der Waals surface area contributed by atoms with Crippen LogP contribution in [0.2, 0.25) is 0 Å². The summed E-state index contributed by atoms with van der Waals surface area (Å²) in [5, 5.41) is 9.23. The summed E-state index contributed by atoms with van der Waals surface area (Å²) in [5.74, 6) is -1.14. The number of hydrogen-bond acceptors (Lipinski definition) is 4. The number of carbonyl (C=O) groups is 1. The molecule has 0 aromatic heterocycles. The molecule has 7 heteroatoms. The van der Waals surface area contributed by atoms with Crippen molar-refractivity contribution >= 4 is 21.8 Å². The second-order valence-corrected chi connectivity index (χ2v) is 6.40. The standard InChI is InChI=1S/C13H16N2O4S/c1-3-8(2)11(13(16)17)14-12-9-6-4-5-7-10(9)20(18,19)15-12/h4-8,11H,3H2,1-2H3,(H,14,15)(H,16,17)/t8?,11-/m1/s1. The molecule has 0 fully saturated rings. The van der Waals surface area contributed by atoms with Gasteiger partial charge in [-0.2, -0.15) is 0 Å².